The predicted octanol–water partition coefficient (Wildman–Crippen LogP) is 1.86. The van der Waals surface area contributed by atoms with Crippen LogP contribution in [0.3, 0.4) is 0 Å². The van der Waals surface area contributed by atoms with Crippen molar-refractivity contribution in [3.8, 4) is 0 Å². The van der Waals surface area contributed by atoms with E-state index in [0.717, 1.165) is 24.1 Å². The molecule has 2 heterocycles. The van der Waals surface area contributed by atoms with Crippen LogP contribution in [0.15, 0.2) is 45.0 Å². The highest BCUT2D eigenvalue weighted by Gasteiger charge is 2.17. The molecule has 0 spiro atoms. The van der Waals surface area contributed by atoms with Crippen molar-refractivity contribution in [2.24, 2.45) is 12.1 Å². The molecule has 3 aromatic rings. The van der Waals surface area contributed by atoms with Crippen molar-refractivity contribution >= 4 is 22.8 Å². The number of nitrogens with zero attached hydrogens (tertiary/aromatic N) is 4. The van der Waals surface area contributed by atoms with Crippen LogP contribution in [0.25, 0.3) is 11.2 Å². The van der Waals surface area contributed by atoms with Crippen LogP contribution in [0.1, 0.15) is 25.8 Å². The van der Waals surface area contributed by atoms with Gasteiger partial charge < -0.3 is 4.57 Å². The van der Waals surface area contributed by atoms with Crippen LogP contribution in [0.2, 0.25) is 0 Å². The summed E-state index contributed by atoms with van der Waals surface area (Å²) in [4.78, 5) is 31.1. The third-order valence-electron chi connectivity index (χ3n) is 4.33. The first-order valence-electron chi connectivity index (χ1n) is 8.54. The molecule has 0 aliphatic rings. The number of hydrogen-bond acceptors (Lipinski definition) is 5. The SMILES string of the molecule is CC/C(C)=N\Nc1nc2c(c(=O)[nH]c(=O)n2C)n1CCc1ccccc1. The number of imidazole rings is 1. The number of anilines is 1. The fourth-order valence-electron chi connectivity index (χ4n) is 2.65. The van der Waals surface area contributed by atoms with Gasteiger partial charge in [0.2, 0.25) is 5.95 Å². The Morgan fingerprint density at radius 2 is 2.00 bits per heavy atom. The van der Waals surface area contributed by atoms with Gasteiger partial charge in [-0.15, -0.1) is 0 Å². The van der Waals surface area contributed by atoms with Crippen molar-refractivity contribution in [3.05, 3.63) is 56.7 Å². The Morgan fingerprint density at radius 3 is 2.69 bits per heavy atom. The number of aryl methyl sites for hydroxylation is 3. The number of aromatic nitrogens is 4. The molecular formula is C18H22N6O2. The first kappa shape index (κ1) is 17.7. The van der Waals surface area contributed by atoms with Gasteiger partial charge in [0, 0.05) is 19.3 Å². The number of hydrazone groups is 1. The standard InChI is InChI=1S/C18H22N6O2/c1-4-12(2)21-22-17-19-15-14(16(25)20-18(26)23(15)3)24(17)11-10-13-8-6-5-7-9-13/h5-9H,4,10-11H2,1-3H3,(H,19,22)(H,20,25,26)/b21-12-. The molecule has 2 N–H and O–H groups in total. The van der Waals surface area contributed by atoms with Gasteiger partial charge in [-0.3, -0.25) is 14.3 Å². The molecule has 8 nitrogen and oxygen atoms in total. The molecule has 0 saturated heterocycles. The third kappa shape index (κ3) is 3.44. The fourth-order valence-corrected chi connectivity index (χ4v) is 2.65. The molecule has 0 aliphatic heterocycles. The highest BCUT2D eigenvalue weighted by Crippen LogP contribution is 2.16. The second kappa shape index (κ2) is 7.38. The van der Waals surface area contributed by atoms with Crippen molar-refractivity contribution in [2.75, 3.05) is 5.43 Å². The Hall–Kier alpha value is -3.16. The van der Waals surface area contributed by atoms with Gasteiger partial charge in [0.1, 0.15) is 0 Å². The number of rotatable bonds is 6. The highest BCUT2D eigenvalue weighted by atomic mass is 16.2. The number of H-pyrrole nitrogens is 1. The number of nitrogens with one attached hydrogen (secondary N) is 2. The third-order valence-corrected chi connectivity index (χ3v) is 4.33. The molecule has 26 heavy (non-hydrogen) atoms. The van der Waals surface area contributed by atoms with E-state index >= 15 is 0 Å². The summed E-state index contributed by atoms with van der Waals surface area (Å²) in [5, 5.41) is 4.29. The topological polar surface area (TPSA) is 97.1 Å². The Balaban J connectivity index is 2.08. The average Bonchev–Trinajstić information content (AvgIpc) is 3.02. The molecule has 8 heteroatoms. The van der Waals surface area contributed by atoms with Gasteiger partial charge in [-0.1, -0.05) is 37.3 Å². The van der Waals surface area contributed by atoms with E-state index in [0.29, 0.717) is 23.7 Å². The van der Waals surface area contributed by atoms with Crippen LogP contribution in [-0.2, 0) is 20.0 Å². The van der Waals surface area contributed by atoms with Crippen molar-refractivity contribution < 1.29 is 0 Å². The lowest BCUT2D eigenvalue weighted by Crippen LogP contribution is -2.29. The summed E-state index contributed by atoms with van der Waals surface area (Å²) in [6.07, 6.45) is 1.52. The molecule has 3 rings (SSSR count). The van der Waals surface area contributed by atoms with E-state index < -0.39 is 11.2 Å². The zero-order chi connectivity index (χ0) is 18.7. The lowest BCUT2D eigenvalue weighted by Gasteiger charge is -2.08. The maximum atomic E-state index is 12.4. The van der Waals surface area contributed by atoms with Crippen LogP contribution in [0, 0.1) is 0 Å². The van der Waals surface area contributed by atoms with Crippen LogP contribution in [0.4, 0.5) is 5.95 Å². The van der Waals surface area contributed by atoms with E-state index in [2.05, 4.69) is 20.5 Å². The van der Waals surface area contributed by atoms with Gasteiger partial charge in [-0.2, -0.15) is 10.1 Å². The monoisotopic (exact) mass is 354 g/mol. The summed E-state index contributed by atoms with van der Waals surface area (Å²) in [6.45, 7) is 4.45. The molecule has 1 aromatic carbocycles. The second-order valence-corrected chi connectivity index (χ2v) is 6.13. The number of aromatic amines is 1. The molecular weight excluding hydrogens is 332 g/mol. The van der Waals surface area contributed by atoms with Gasteiger partial charge in [-0.05, 0) is 25.3 Å². The Morgan fingerprint density at radius 1 is 1.27 bits per heavy atom. The summed E-state index contributed by atoms with van der Waals surface area (Å²) in [5.41, 5.74) is 4.74. The summed E-state index contributed by atoms with van der Waals surface area (Å²) in [6, 6.07) is 9.99. The molecule has 0 atom stereocenters. The van der Waals surface area contributed by atoms with Crippen molar-refractivity contribution in [2.45, 2.75) is 33.2 Å². The van der Waals surface area contributed by atoms with Crippen LogP contribution >= 0.6 is 0 Å². The van der Waals surface area contributed by atoms with E-state index in [9.17, 15) is 9.59 Å². The van der Waals surface area contributed by atoms with E-state index in [-0.39, 0.29) is 0 Å². The Labute approximate surface area is 150 Å². The molecule has 0 radical (unpaired) electrons. The minimum Gasteiger partial charge on any atom is -0.303 e. The molecule has 2 aromatic heterocycles. The summed E-state index contributed by atoms with van der Waals surface area (Å²) in [7, 11) is 1.58. The Bertz CT molecular complexity index is 1060. The minimum atomic E-state index is -0.491. The number of fused-ring (bicyclic) bond motifs is 1. The lowest BCUT2D eigenvalue weighted by molar-refractivity contribution is 0.716. The second-order valence-electron chi connectivity index (χ2n) is 6.13. The first-order valence-corrected chi connectivity index (χ1v) is 8.54. The smallest absolute Gasteiger partial charge is 0.303 e. The van der Waals surface area contributed by atoms with Crippen molar-refractivity contribution in [1.82, 2.24) is 19.1 Å². The summed E-state index contributed by atoms with van der Waals surface area (Å²) < 4.78 is 3.10. The normalized spacial score (nSPS) is 11.9. The molecule has 0 bridgehead atoms. The number of benzene rings is 1. The van der Waals surface area contributed by atoms with Crippen LogP contribution in [0.5, 0.6) is 0 Å². The molecule has 0 fully saturated rings. The predicted molar refractivity (Wildman–Crippen MR) is 103 cm³/mol. The molecule has 0 saturated carbocycles. The zero-order valence-corrected chi connectivity index (χ0v) is 15.1. The van der Waals surface area contributed by atoms with Gasteiger partial charge in [0.15, 0.2) is 11.2 Å². The molecule has 0 amide bonds. The first-order chi connectivity index (χ1) is 12.5. The van der Waals surface area contributed by atoms with E-state index in [1.807, 2.05) is 44.2 Å². The highest BCUT2D eigenvalue weighted by molar-refractivity contribution is 5.82. The van der Waals surface area contributed by atoms with Gasteiger partial charge in [0.05, 0.1) is 0 Å². The maximum absolute atomic E-state index is 12.4. The fraction of sp³-hybridized carbons (Fsp3) is 0.333. The van der Waals surface area contributed by atoms with Gasteiger partial charge in [0.25, 0.3) is 5.56 Å². The minimum absolute atomic E-state index is 0.332. The van der Waals surface area contributed by atoms with E-state index in [4.69, 9.17) is 0 Å². The molecule has 0 unspecified atom stereocenters. The average molecular weight is 354 g/mol. The van der Waals surface area contributed by atoms with E-state index in [1.165, 1.54) is 4.57 Å². The van der Waals surface area contributed by atoms with Crippen LogP contribution < -0.4 is 16.7 Å². The molecule has 136 valence electrons. The van der Waals surface area contributed by atoms with Crippen molar-refractivity contribution in [3.63, 3.8) is 0 Å². The van der Waals surface area contributed by atoms with Crippen LogP contribution in [-0.4, -0.2) is 24.8 Å². The number of hydrogen-bond donors (Lipinski definition) is 2. The summed E-state index contributed by atoms with van der Waals surface area (Å²) >= 11 is 0. The largest absolute Gasteiger partial charge is 0.329 e. The Kier molecular flexibility index (Phi) is 5.01. The lowest BCUT2D eigenvalue weighted by atomic mass is 10.1. The van der Waals surface area contributed by atoms with Crippen molar-refractivity contribution in [1.29, 1.82) is 0 Å². The van der Waals surface area contributed by atoms with E-state index in [1.54, 1.807) is 11.6 Å². The quantitative estimate of drug-likeness (QED) is 0.521. The maximum Gasteiger partial charge on any atom is 0.329 e. The molecule has 0 aliphatic carbocycles. The zero-order valence-electron chi connectivity index (χ0n) is 15.1. The van der Waals surface area contributed by atoms with Gasteiger partial charge >= 0.3 is 5.69 Å². The van der Waals surface area contributed by atoms with Gasteiger partial charge in [-0.25, -0.2) is 10.2 Å². The summed E-state index contributed by atoms with van der Waals surface area (Å²) in [5.74, 6) is 0.440.